The van der Waals surface area contributed by atoms with Crippen molar-refractivity contribution in [1.29, 1.82) is 0 Å². The van der Waals surface area contributed by atoms with Gasteiger partial charge in [-0.1, -0.05) is 11.6 Å². The summed E-state index contributed by atoms with van der Waals surface area (Å²) in [5.74, 6) is -1.10. The van der Waals surface area contributed by atoms with Crippen LogP contribution >= 0.6 is 11.6 Å². The summed E-state index contributed by atoms with van der Waals surface area (Å²) in [5.41, 5.74) is 0.359. The van der Waals surface area contributed by atoms with Crippen LogP contribution < -0.4 is 10.6 Å². The first-order valence-corrected chi connectivity index (χ1v) is 6.61. The van der Waals surface area contributed by atoms with Crippen molar-refractivity contribution in [2.24, 2.45) is 0 Å². The lowest BCUT2D eigenvalue weighted by molar-refractivity contribution is 0.0697. The minimum Gasteiger partial charge on any atom is -0.478 e. The van der Waals surface area contributed by atoms with Gasteiger partial charge in [-0.25, -0.2) is 9.59 Å². The quantitative estimate of drug-likeness (QED) is 0.799. The number of halogens is 1. The lowest BCUT2D eigenvalue weighted by Gasteiger charge is -2.23. The van der Waals surface area contributed by atoms with Crippen molar-refractivity contribution in [3.05, 3.63) is 28.8 Å². The predicted molar refractivity (Wildman–Crippen MR) is 74.4 cm³/mol. The summed E-state index contributed by atoms with van der Waals surface area (Å²) in [6.45, 7) is 1.21. The Balaban J connectivity index is 1.98. The molecule has 1 atom stereocenters. The molecule has 1 fully saturated rings. The van der Waals surface area contributed by atoms with Crippen molar-refractivity contribution >= 4 is 29.3 Å². The molecule has 1 heterocycles. The maximum atomic E-state index is 11.8. The SMILES string of the molecule is O=C(Nc1cc(Cl)cc(C(=O)O)c1)NC1CCCOC1. The van der Waals surface area contributed by atoms with E-state index in [0.717, 1.165) is 19.4 Å². The second-order valence-corrected chi connectivity index (χ2v) is 4.98. The first-order chi connectivity index (χ1) is 9.54. The Morgan fingerprint density at radius 1 is 1.35 bits per heavy atom. The zero-order chi connectivity index (χ0) is 14.5. The highest BCUT2D eigenvalue weighted by molar-refractivity contribution is 6.31. The maximum absolute atomic E-state index is 11.8. The molecule has 1 unspecified atom stereocenters. The largest absolute Gasteiger partial charge is 0.478 e. The molecule has 1 aliphatic heterocycles. The molecule has 1 aromatic rings. The molecule has 2 amide bonds. The number of amides is 2. The number of carbonyl (C=O) groups is 2. The molecule has 6 nitrogen and oxygen atoms in total. The van der Waals surface area contributed by atoms with E-state index < -0.39 is 12.0 Å². The molecule has 0 spiro atoms. The van der Waals surface area contributed by atoms with Crippen LogP contribution in [0.1, 0.15) is 23.2 Å². The van der Waals surface area contributed by atoms with Crippen LogP contribution in [0.5, 0.6) is 0 Å². The summed E-state index contributed by atoms with van der Waals surface area (Å²) in [5, 5.41) is 14.5. The van der Waals surface area contributed by atoms with Crippen molar-refractivity contribution in [3.63, 3.8) is 0 Å². The van der Waals surface area contributed by atoms with Crippen molar-refractivity contribution in [2.75, 3.05) is 18.5 Å². The predicted octanol–water partition coefficient (Wildman–Crippen LogP) is 2.34. The number of benzene rings is 1. The molecule has 0 aromatic heterocycles. The Morgan fingerprint density at radius 3 is 2.80 bits per heavy atom. The number of hydrogen-bond donors (Lipinski definition) is 3. The van der Waals surface area contributed by atoms with Crippen LogP contribution in [-0.2, 0) is 4.74 Å². The number of anilines is 1. The molecule has 108 valence electrons. The van der Waals surface area contributed by atoms with E-state index in [1.807, 2.05) is 0 Å². The summed E-state index contributed by atoms with van der Waals surface area (Å²) >= 11 is 5.81. The third kappa shape index (κ3) is 4.11. The number of carbonyl (C=O) groups excluding carboxylic acids is 1. The van der Waals surface area contributed by atoms with Gasteiger partial charge in [0.25, 0.3) is 0 Å². The summed E-state index contributed by atoms with van der Waals surface area (Å²) in [7, 11) is 0. The first-order valence-electron chi connectivity index (χ1n) is 6.24. The third-order valence-corrected chi connectivity index (χ3v) is 3.12. The van der Waals surface area contributed by atoms with E-state index in [4.69, 9.17) is 21.4 Å². The van der Waals surface area contributed by atoms with Crippen molar-refractivity contribution in [3.8, 4) is 0 Å². The normalized spacial score (nSPS) is 18.4. The molecular weight excluding hydrogens is 284 g/mol. The standard InChI is InChI=1S/C13H15ClN2O4/c14-9-4-8(12(17)18)5-11(6-9)16-13(19)15-10-2-1-3-20-7-10/h4-6,10H,1-3,7H2,(H,17,18)(H2,15,16,19). The van der Waals surface area contributed by atoms with Gasteiger partial charge in [0.1, 0.15) is 0 Å². The van der Waals surface area contributed by atoms with Gasteiger partial charge >= 0.3 is 12.0 Å². The lowest BCUT2D eigenvalue weighted by Crippen LogP contribution is -2.42. The number of aromatic carboxylic acids is 1. The van der Waals surface area contributed by atoms with Crippen LogP contribution in [0.4, 0.5) is 10.5 Å². The Bertz CT molecular complexity index is 515. The smallest absolute Gasteiger partial charge is 0.335 e. The number of urea groups is 1. The fraction of sp³-hybridized carbons (Fsp3) is 0.385. The number of nitrogens with one attached hydrogen (secondary N) is 2. The Kier molecular flexibility index (Phi) is 4.81. The van der Waals surface area contributed by atoms with Gasteiger partial charge in [-0.05, 0) is 31.0 Å². The monoisotopic (exact) mass is 298 g/mol. The molecule has 2 rings (SSSR count). The number of carboxylic acids is 1. The van der Waals surface area contributed by atoms with Crippen molar-refractivity contribution in [2.45, 2.75) is 18.9 Å². The van der Waals surface area contributed by atoms with E-state index in [-0.39, 0.29) is 16.6 Å². The Hall–Kier alpha value is -1.79. The minimum absolute atomic E-state index is 0.0220. The van der Waals surface area contributed by atoms with Gasteiger partial charge in [0.2, 0.25) is 0 Å². The van der Waals surface area contributed by atoms with Crippen molar-refractivity contribution in [1.82, 2.24) is 5.32 Å². The second kappa shape index (κ2) is 6.58. The fourth-order valence-corrected chi connectivity index (χ4v) is 2.23. The lowest BCUT2D eigenvalue weighted by atomic mass is 10.1. The summed E-state index contributed by atoms with van der Waals surface area (Å²) < 4.78 is 5.26. The third-order valence-electron chi connectivity index (χ3n) is 2.90. The zero-order valence-corrected chi connectivity index (χ0v) is 11.4. The molecule has 0 bridgehead atoms. The summed E-state index contributed by atoms with van der Waals surface area (Å²) in [6, 6.07) is 3.74. The molecule has 1 aliphatic rings. The van der Waals surface area contributed by atoms with Gasteiger partial charge < -0.3 is 20.5 Å². The van der Waals surface area contributed by atoms with Crippen LogP contribution in [0.15, 0.2) is 18.2 Å². The number of carboxylic acid groups (broad SMARTS) is 1. The van der Waals surface area contributed by atoms with E-state index in [1.54, 1.807) is 0 Å². The molecule has 0 saturated carbocycles. The molecular formula is C13H15ClN2O4. The van der Waals surface area contributed by atoms with Gasteiger partial charge in [-0.3, -0.25) is 0 Å². The minimum atomic E-state index is -1.10. The highest BCUT2D eigenvalue weighted by Crippen LogP contribution is 2.19. The van der Waals surface area contributed by atoms with E-state index >= 15 is 0 Å². The molecule has 3 N–H and O–H groups in total. The van der Waals surface area contributed by atoms with Gasteiger partial charge in [-0.2, -0.15) is 0 Å². The molecule has 1 saturated heterocycles. The van der Waals surface area contributed by atoms with Gasteiger partial charge in [-0.15, -0.1) is 0 Å². The zero-order valence-electron chi connectivity index (χ0n) is 10.7. The average Bonchev–Trinajstić information content (AvgIpc) is 2.38. The molecule has 7 heteroatoms. The highest BCUT2D eigenvalue weighted by Gasteiger charge is 2.16. The fourth-order valence-electron chi connectivity index (χ4n) is 1.99. The second-order valence-electron chi connectivity index (χ2n) is 4.55. The van der Waals surface area contributed by atoms with Crippen molar-refractivity contribution < 1.29 is 19.4 Å². The maximum Gasteiger partial charge on any atom is 0.335 e. The average molecular weight is 299 g/mol. The van der Waals surface area contributed by atoms with E-state index in [0.29, 0.717) is 12.3 Å². The topological polar surface area (TPSA) is 87.7 Å². The summed E-state index contributed by atoms with van der Waals surface area (Å²) in [4.78, 5) is 22.7. The van der Waals surface area contributed by atoms with Crippen LogP contribution in [-0.4, -0.2) is 36.4 Å². The molecule has 0 aliphatic carbocycles. The van der Waals surface area contributed by atoms with Gasteiger partial charge in [0.15, 0.2) is 0 Å². The Labute approximate surface area is 121 Å². The van der Waals surface area contributed by atoms with Crippen LogP contribution in [0.2, 0.25) is 5.02 Å². The van der Waals surface area contributed by atoms with E-state index in [1.165, 1.54) is 18.2 Å². The van der Waals surface area contributed by atoms with Crippen LogP contribution in [0, 0.1) is 0 Å². The molecule has 1 aromatic carbocycles. The van der Waals surface area contributed by atoms with Gasteiger partial charge in [0, 0.05) is 17.3 Å². The Morgan fingerprint density at radius 2 is 2.15 bits per heavy atom. The van der Waals surface area contributed by atoms with E-state index in [2.05, 4.69) is 10.6 Å². The number of hydrogen-bond acceptors (Lipinski definition) is 3. The molecule has 0 radical (unpaired) electrons. The van der Waals surface area contributed by atoms with Crippen LogP contribution in [0.3, 0.4) is 0 Å². The number of rotatable bonds is 3. The highest BCUT2D eigenvalue weighted by atomic mass is 35.5. The van der Waals surface area contributed by atoms with Crippen LogP contribution in [0.25, 0.3) is 0 Å². The van der Waals surface area contributed by atoms with E-state index in [9.17, 15) is 9.59 Å². The number of ether oxygens (including phenoxy) is 1. The molecule has 20 heavy (non-hydrogen) atoms. The summed E-state index contributed by atoms with van der Waals surface area (Å²) in [6.07, 6.45) is 1.77. The first kappa shape index (κ1) is 14.6. The van der Waals surface area contributed by atoms with Gasteiger partial charge in [0.05, 0.1) is 18.2 Å².